The molecular formula is C11H9ClFNO3. The van der Waals surface area contributed by atoms with Gasteiger partial charge in [-0.1, -0.05) is 11.6 Å². The lowest BCUT2D eigenvalue weighted by Gasteiger charge is -2.17. The quantitative estimate of drug-likeness (QED) is 0.824. The molecule has 0 spiro atoms. The van der Waals surface area contributed by atoms with E-state index in [1.54, 1.807) is 0 Å². The molecule has 17 heavy (non-hydrogen) atoms. The zero-order valence-electron chi connectivity index (χ0n) is 8.69. The van der Waals surface area contributed by atoms with Gasteiger partial charge in [0.05, 0.1) is 10.7 Å². The summed E-state index contributed by atoms with van der Waals surface area (Å²) >= 11 is 5.82. The predicted molar refractivity (Wildman–Crippen MR) is 59.5 cm³/mol. The van der Waals surface area contributed by atoms with E-state index in [9.17, 15) is 14.0 Å². The van der Waals surface area contributed by atoms with Crippen LogP contribution in [0.1, 0.15) is 6.42 Å². The van der Waals surface area contributed by atoms with E-state index in [1.165, 1.54) is 17.0 Å². The average molecular weight is 258 g/mol. The van der Waals surface area contributed by atoms with Gasteiger partial charge in [-0.15, -0.1) is 0 Å². The minimum absolute atomic E-state index is 0.101. The standard InChI is InChI=1S/C11H9ClFNO3/c12-8-5-6(13)1-2-9(8)14-4-3-7(10(14)15)11(16)17/h1-2,5,7H,3-4H2,(H,16,17). The SMILES string of the molecule is O=C(O)C1CCN(c2ccc(F)cc2Cl)C1=O. The smallest absolute Gasteiger partial charge is 0.316 e. The first-order chi connectivity index (χ1) is 8.00. The Hall–Kier alpha value is -1.62. The number of nitrogens with zero attached hydrogens (tertiary/aromatic N) is 1. The molecule has 1 aliphatic rings. The molecule has 0 aliphatic carbocycles. The summed E-state index contributed by atoms with van der Waals surface area (Å²) in [6.07, 6.45) is 0.238. The van der Waals surface area contributed by atoms with Crippen LogP contribution in [-0.2, 0) is 9.59 Å². The van der Waals surface area contributed by atoms with E-state index in [0.29, 0.717) is 5.69 Å². The fourth-order valence-electron chi connectivity index (χ4n) is 1.85. The minimum atomic E-state index is -1.14. The van der Waals surface area contributed by atoms with Crippen molar-refractivity contribution in [2.24, 2.45) is 5.92 Å². The van der Waals surface area contributed by atoms with Crippen molar-refractivity contribution in [3.8, 4) is 0 Å². The summed E-state index contributed by atoms with van der Waals surface area (Å²) in [4.78, 5) is 23.8. The van der Waals surface area contributed by atoms with Gasteiger partial charge in [-0.25, -0.2) is 4.39 Å². The van der Waals surface area contributed by atoms with E-state index >= 15 is 0 Å². The summed E-state index contributed by atoms with van der Waals surface area (Å²) in [5.41, 5.74) is 0.349. The molecule has 6 heteroatoms. The van der Waals surface area contributed by atoms with Crippen LogP contribution in [0.3, 0.4) is 0 Å². The first-order valence-corrected chi connectivity index (χ1v) is 5.37. The molecule has 2 rings (SSSR count). The lowest BCUT2D eigenvalue weighted by Crippen LogP contribution is -2.30. The fourth-order valence-corrected chi connectivity index (χ4v) is 2.12. The first-order valence-electron chi connectivity index (χ1n) is 5.00. The summed E-state index contributed by atoms with van der Waals surface area (Å²) in [5, 5.41) is 8.92. The van der Waals surface area contributed by atoms with E-state index in [1.807, 2.05) is 0 Å². The number of amides is 1. The molecule has 0 bridgehead atoms. The topological polar surface area (TPSA) is 57.6 Å². The van der Waals surface area contributed by atoms with Crippen molar-refractivity contribution in [2.75, 3.05) is 11.4 Å². The van der Waals surface area contributed by atoms with Crippen molar-refractivity contribution < 1.29 is 19.1 Å². The maximum absolute atomic E-state index is 12.9. The van der Waals surface area contributed by atoms with Gasteiger partial charge in [-0.2, -0.15) is 0 Å². The van der Waals surface area contributed by atoms with Gasteiger partial charge in [0.15, 0.2) is 0 Å². The Labute approximate surface area is 102 Å². The zero-order valence-corrected chi connectivity index (χ0v) is 9.45. The lowest BCUT2D eigenvalue weighted by molar-refractivity contribution is -0.144. The number of carboxylic acid groups (broad SMARTS) is 1. The van der Waals surface area contributed by atoms with Crippen molar-refractivity contribution in [3.63, 3.8) is 0 Å². The molecule has 1 aromatic carbocycles. The van der Waals surface area contributed by atoms with Crippen LogP contribution in [0.4, 0.5) is 10.1 Å². The largest absolute Gasteiger partial charge is 0.481 e. The summed E-state index contributed by atoms with van der Waals surface area (Å²) in [6.45, 7) is 0.279. The number of hydrogen-bond donors (Lipinski definition) is 1. The van der Waals surface area contributed by atoms with Gasteiger partial charge >= 0.3 is 5.97 Å². The highest BCUT2D eigenvalue weighted by Gasteiger charge is 2.38. The van der Waals surface area contributed by atoms with Crippen LogP contribution in [-0.4, -0.2) is 23.5 Å². The van der Waals surface area contributed by atoms with Gasteiger partial charge in [0.1, 0.15) is 11.7 Å². The van der Waals surface area contributed by atoms with Crippen molar-refractivity contribution in [1.82, 2.24) is 0 Å². The molecule has 1 N–H and O–H groups in total. The highest BCUT2D eigenvalue weighted by atomic mass is 35.5. The molecule has 1 atom stereocenters. The maximum Gasteiger partial charge on any atom is 0.316 e. The Morgan fingerprint density at radius 3 is 2.76 bits per heavy atom. The van der Waals surface area contributed by atoms with Crippen LogP contribution in [0.2, 0.25) is 5.02 Å². The summed E-state index contributed by atoms with van der Waals surface area (Å²) in [5.74, 6) is -3.18. The molecule has 0 saturated carbocycles. The van der Waals surface area contributed by atoms with Gasteiger partial charge in [0, 0.05) is 6.54 Å². The summed E-state index contributed by atoms with van der Waals surface area (Å²) in [7, 11) is 0. The third-order valence-electron chi connectivity index (χ3n) is 2.70. The van der Waals surface area contributed by atoms with Gasteiger partial charge in [-0.05, 0) is 24.6 Å². The highest BCUT2D eigenvalue weighted by molar-refractivity contribution is 6.34. The Morgan fingerprint density at radius 2 is 2.24 bits per heavy atom. The van der Waals surface area contributed by atoms with E-state index in [0.717, 1.165) is 6.07 Å². The van der Waals surface area contributed by atoms with E-state index < -0.39 is 23.6 Å². The Bertz CT molecular complexity index is 492. The average Bonchev–Trinajstić information content (AvgIpc) is 2.60. The number of aliphatic carboxylic acids is 1. The second kappa shape index (κ2) is 4.33. The third-order valence-corrected chi connectivity index (χ3v) is 3.01. The van der Waals surface area contributed by atoms with Crippen LogP contribution < -0.4 is 4.90 Å². The van der Waals surface area contributed by atoms with E-state index in [-0.39, 0.29) is 18.0 Å². The molecule has 1 amide bonds. The molecule has 1 saturated heterocycles. The first kappa shape index (κ1) is 11.9. The maximum atomic E-state index is 12.9. The second-order valence-corrected chi connectivity index (χ2v) is 4.17. The molecule has 1 aliphatic heterocycles. The fraction of sp³-hybridized carbons (Fsp3) is 0.273. The van der Waals surface area contributed by atoms with Crippen LogP contribution in [0.15, 0.2) is 18.2 Å². The molecule has 0 radical (unpaired) electrons. The molecular weight excluding hydrogens is 249 g/mol. The molecule has 1 heterocycles. The predicted octanol–water partition coefficient (Wildman–Crippen LogP) is 1.92. The van der Waals surface area contributed by atoms with Gasteiger partial charge in [0.25, 0.3) is 0 Å². The van der Waals surface area contributed by atoms with Crippen LogP contribution in [0, 0.1) is 11.7 Å². The minimum Gasteiger partial charge on any atom is -0.481 e. The molecule has 1 fully saturated rings. The number of halogens is 2. The molecule has 0 aromatic heterocycles. The third kappa shape index (κ3) is 2.10. The normalized spacial score (nSPS) is 19.8. The number of benzene rings is 1. The number of carbonyl (C=O) groups is 2. The van der Waals surface area contributed by atoms with Crippen molar-refractivity contribution in [2.45, 2.75) is 6.42 Å². The van der Waals surface area contributed by atoms with Gasteiger partial charge < -0.3 is 10.0 Å². The van der Waals surface area contributed by atoms with Gasteiger partial charge in [-0.3, -0.25) is 9.59 Å². The zero-order chi connectivity index (χ0) is 12.6. The summed E-state index contributed by atoms with van der Waals surface area (Å²) in [6, 6.07) is 3.65. The van der Waals surface area contributed by atoms with Crippen LogP contribution >= 0.6 is 11.6 Å². The second-order valence-electron chi connectivity index (χ2n) is 3.77. The van der Waals surface area contributed by atoms with Crippen molar-refractivity contribution >= 4 is 29.2 Å². The van der Waals surface area contributed by atoms with Crippen LogP contribution in [0.5, 0.6) is 0 Å². The van der Waals surface area contributed by atoms with Crippen molar-refractivity contribution in [1.29, 1.82) is 0 Å². The Balaban J connectivity index is 2.30. The number of carbonyl (C=O) groups excluding carboxylic acids is 1. The van der Waals surface area contributed by atoms with Crippen LogP contribution in [0.25, 0.3) is 0 Å². The molecule has 4 nitrogen and oxygen atoms in total. The molecule has 1 aromatic rings. The number of rotatable bonds is 2. The number of hydrogen-bond acceptors (Lipinski definition) is 2. The lowest BCUT2D eigenvalue weighted by atomic mass is 10.1. The van der Waals surface area contributed by atoms with E-state index in [4.69, 9.17) is 16.7 Å². The Kier molecular flexibility index (Phi) is 3.02. The number of carboxylic acids is 1. The van der Waals surface area contributed by atoms with E-state index in [2.05, 4.69) is 0 Å². The number of anilines is 1. The highest BCUT2D eigenvalue weighted by Crippen LogP contribution is 2.31. The molecule has 90 valence electrons. The molecule has 1 unspecified atom stereocenters. The summed E-state index contributed by atoms with van der Waals surface area (Å²) < 4.78 is 12.9. The van der Waals surface area contributed by atoms with Gasteiger partial charge in [0.2, 0.25) is 5.91 Å². The Morgan fingerprint density at radius 1 is 1.53 bits per heavy atom. The monoisotopic (exact) mass is 257 g/mol. The van der Waals surface area contributed by atoms with Crippen molar-refractivity contribution in [3.05, 3.63) is 29.0 Å².